The molecular formula is C17H20ClF3N4O2S2. The number of hydrogen-bond donors (Lipinski definition) is 3. The number of halogens is 4. The largest absolute Gasteiger partial charge is 0.382 e. The molecule has 2 aromatic rings. The Labute approximate surface area is 175 Å². The van der Waals surface area contributed by atoms with Crippen LogP contribution in [0.1, 0.15) is 19.3 Å². The number of aromatic nitrogens is 1. The van der Waals surface area contributed by atoms with Gasteiger partial charge in [0, 0.05) is 18.0 Å². The lowest BCUT2D eigenvalue weighted by Gasteiger charge is -2.22. The zero-order valence-electron chi connectivity index (χ0n) is 15.4. The number of thiazole rings is 1. The molecule has 1 fully saturated rings. The fraction of sp³-hybridized carbons (Fsp3) is 0.471. The Morgan fingerprint density at radius 3 is 2.62 bits per heavy atom. The van der Waals surface area contributed by atoms with Gasteiger partial charge in [-0.25, -0.2) is 17.8 Å². The van der Waals surface area contributed by atoms with Crippen molar-refractivity contribution < 1.29 is 21.6 Å². The molecule has 0 amide bonds. The Morgan fingerprint density at radius 1 is 1.34 bits per heavy atom. The minimum Gasteiger partial charge on any atom is -0.382 e. The van der Waals surface area contributed by atoms with E-state index in [1.165, 1.54) is 0 Å². The molecule has 0 radical (unpaired) electrons. The van der Waals surface area contributed by atoms with Gasteiger partial charge in [-0.3, -0.25) is 9.11 Å². The Bertz CT molecular complexity index is 983. The molecule has 12 heteroatoms. The van der Waals surface area contributed by atoms with E-state index in [2.05, 4.69) is 15.6 Å². The summed E-state index contributed by atoms with van der Waals surface area (Å²) >= 11 is 6.62. The summed E-state index contributed by atoms with van der Waals surface area (Å²) in [5.41, 5.74) is -0.0581. The third kappa shape index (κ3) is 5.33. The molecular weight excluding hydrogens is 449 g/mol. The number of sulfonamides is 1. The second kappa shape index (κ2) is 8.66. The normalized spacial score (nSPS) is 16.4. The van der Waals surface area contributed by atoms with E-state index in [0.717, 1.165) is 31.2 Å². The van der Waals surface area contributed by atoms with Crippen LogP contribution in [0, 0.1) is 16.4 Å². The van der Waals surface area contributed by atoms with Gasteiger partial charge in [0.2, 0.25) is 0 Å². The molecule has 1 aromatic carbocycles. The van der Waals surface area contributed by atoms with Gasteiger partial charge < -0.3 is 10.6 Å². The maximum atomic E-state index is 14.5. The summed E-state index contributed by atoms with van der Waals surface area (Å²) in [6, 6.07) is 1.90. The number of likely N-dealkylation sites (N-methyl/N-ethyl adjacent to an activating group) is 1. The van der Waals surface area contributed by atoms with Crippen LogP contribution in [0.25, 0.3) is 0 Å². The predicted octanol–water partition coefficient (Wildman–Crippen LogP) is 4.02. The van der Waals surface area contributed by atoms with Gasteiger partial charge in [0.25, 0.3) is 10.0 Å². The summed E-state index contributed by atoms with van der Waals surface area (Å²) in [6.45, 7) is -0.0106. The lowest BCUT2D eigenvalue weighted by Crippen LogP contribution is -2.35. The SMILES string of the molecule is CN[C@H](CNc1cc(F)c(S(=O)(=O)Nc2ncc(F)s2)cc1Cl)CC1(CF)CC1. The summed E-state index contributed by atoms with van der Waals surface area (Å²) in [7, 11) is -2.58. The van der Waals surface area contributed by atoms with E-state index in [-0.39, 0.29) is 34.0 Å². The first kappa shape index (κ1) is 22.1. The molecule has 0 unspecified atom stereocenters. The second-order valence-electron chi connectivity index (χ2n) is 7.04. The zero-order chi connectivity index (χ0) is 21.2. The fourth-order valence-corrected chi connectivity index (χ4v) is 5.11. The van der Waals surface area contributed by atoms with Crippen LogP contribution in [0.3, 0.4) is 0 Å². The number of hydrogen-bond acceptors (Lipinski definition) is 6. The molecule has 0 bridgehead atoms. The molecule has 1 saturated carbocycles. The lowest BCUT2D eigenvalue weighted by atomic mass is 9.98. The van der Waals surface area contributed by atoms with Gasteiger partial charge in [-0.15, -0.1) is 0 Å². The van der Waals surface area contributed by atoms with E-state index in [0.29, 0.717) is 24.3 Å². The molecule has 160 valence electrons. The highest BCUT2D eigenvalue weighted by Gasteiger charge is 2.44. The first-order valence-corrected chi connectivity index (χ1v) is 11.5. The van der Waals surface area contributed by atoms with Gasteiger partial charge in [0.15, 0.2) is 10.3 Å². The molecule has 1 heterocycles. The minimum absolute atomic E-state index is 0.00132. The lowest BCUT2D eigenvalue weighted by molar-refractivity contribution is 0.295. The van der Waals surface area contributed by atoms with Crippen LogP contribution >= 0.6 is 22.9 Å². The van der Waals surface area contributed by atoms with Gasteiger partial charge >= 0.3 is 0 Å². The Kier molecular flexibility index (Phi) is 6.61. The van der Waals surface area contributed by atoms with Crippen LogP contribution < -0.4 is 15.4 Å². The predicted molar refractivity (Wildman–Crippen MR) is 108 cm³/mol. The molecule has 6 nitrogen and oxygen atoms in total. The average molecular weight is 469 g/mol. The molecule has 3 N–H and O–H groups in total. The summed E-state index contributed by atoms with van der Waals surface area (Å²) < 4.78 is 67.4. The summed E-state index contributed by atoms with van der Waals surface area (Å²) in [6.07, 6.45) is 3.18. The Balaban J connectivity index is 1.71. The van der Waals surface area contributed by atoms with Crippen LogP contribution in [-0.4, -0.2) is 39.7 Å². The van der Waals surface area contributed by atoms with Crippen molar-refractivity contribution in [1.82, 2.24) is 10.3 Å². The van der Waals surface area contributed by atoms with Gasteiger partial charge in [-0.2, -0.15) is 4.39 Å². The van der Waals surface area contributed by atoms with Crippen molar-refractivity contribution in [3.63, 3.8) is 0 Å². The smallest absolute Gasteiger partial charge is 0.266 e. The number of anilines is 2. The van der Waals surface area contributed by atoms with Crippen LogP contribution in [-0.2, 0) is 10.0 Å². The van der Waals surface area contributed by atoms with Crippen molar-refractivity contribution in [2.24, 2.45) is 5.41 Å². The van der Waals surface area contributed by atoms with Crippen molar-refractivity contribution in [1.29, 1.82) is 0 Å². The van der Waals surface area contributed by atoms with E-state index in [4.69, 9.17) is 11.6 Å². The van der Waals surface area contributed by atoms with Crippen LogP contribution in [0.4, 0.5) is 24.0 Å². The highest BCUT2D eigenvalue weighted by Crippen LogP contribution is 2.49. The van der Waals surface area contributed by atoms with Crippen molar-refractivity contribution in [2.75, 3.05) is 30.3 Å². The van der Waals surface area contributed by atoms with Crippen LogP contribution in [0.2, 0.25) is 5.02 Å². The maximum absolute atomic E-state index is 14.5. The van der Waals surface area contributed by atoms with Crippen molar-refractivity contribution in [2.45, 2.75) is 30.2 Å². The quantitative estimate of drug-likeness (QED) is 0.490. The van der Waals surface area contributed by atoms with Crippen molar-refractivity contribution in [3.05, 3.63) is 34.3 Å². The van der Waals surface area contributed by atoms with Crippen molar-refractivity contribution >= 4 is 43.8 Å². The minimum atomic E-state index is -4.33. The first-order chi connectivity index (χ1) is 13.7. The number of nitrogens with one attached hydrogen (secondary N) is 3. The maximum Gasteiger partial charge on any atom is 0.266 e. The Morgan fingerprint density at radius 2 is 2.07 bits per heavy atom. The Hall–Kier alpha value is -1.56. The van der Waals surface area contributed by atoms with E-state index in [9.17, 15) is 21.6 Å². The molecule has 1 atom stereocenters. The van der Waals surface area contributed by atoms with Crippen LogP contribution in [0.15, 0.2) is 23.2 Å². The molecule has 0 aliphatic heterocycles. The molecule has 3 rings (SSSR count). The third-order valence-corrected chi connectivity index (χ3v) is 7.37. The highest BCUT2D eigenvalue weighted by atomic mass is 35.5. The fourth-order valence-electron chi connectivity index (χ4n) is 2.94. The summed E-state index contributed by atoms with van der Waals surface area (Å²) in [5, 5.41) is 5.17. The number of alkyl halides is 1. The van der Waals surface area contributed by atoms with E-state index in [1.807, 2.05) is 4.72 Å². The zero-order valence-corrected chi connectivity index (χ0v) is 17.8. The average Bonchev–Trinajstić information content (AvgIpc) is 3.34. The molecule has 1 aromatic heterocycles. The molecule has 1 aliphatic carbocycles. The number of nitrogens with zero attached hydrogens (tertiary/aromatic N) is 1. The van der Waals surface area contributed by atoms with Crippen molar-refractivity contribution in [3.8, 4) is 0 Å². The molecule has 0 saturated heterocycles. The van der Waals surface area contributed by atoms with Gasteiger partial charge in [-0.1, -0.05) is 22.9 Å². The monoisotopic (exact) mass is 468 g/mol. The topological polar surface area (TPSA) is 83.1 Å². The standard InChI is InChI=1S/C17H20ClF3N4O2S2/c1-22-10(6-17(9-19)2-3-17)7-23-13-5-12(20)14(4-11(13)18)29(26,27)25-16-24-8-15(21)28-16/h4-5,8,10,22-23H,2-3,6-7,9H2,1H3,(H,24,25)/t10-/m0/s1. The highest BCUT2D eigenvalue weighted by molar-refractivity contribution is 7.93. The van der Waals surface area contributed by atoms with Crippen LogP contribution in [0.5, 0.6) is 0 Å². The second-order valence-corrected chi connectivity index (χ2v) is 10.1. The third-order valence-electron chi connectivity index (χ3n) is 4.88. The van der Waals surface area contributed by atoms with Gasteiger partial charge in [0.1, 0.15) is 10.7 Å². The van der Waals surface area contributed by atoms with Gasteiger partial charge in [-0.05, 0) is 38.4 Å². The number of benzene rings is 1. The number of rotatable bonds is 10. The molecule has 29 heavy (non-hydrogen) atoms. The van der Waals surface area contributed by atoms with E-state index < -0.39 is 25.9 Å². The first-order valence-electron chi connectivity index (χ1n) is 8.78. The van der Waals surface area contributed by atoms with E-state index >= 15 is 0 Å². The van der Waals surface area contributed by atoms with Gasteiger partial charge in [0.05, 0.1) is 23.6 Å². The summed E-state index contributed by atoms with van der Waals surface area (Å²) in [5.74, 6) is -1.02. The summed E-state index contributed by atoms with van der Waals surface area (Å²) in [4.78, 5) is 2.87. The molecule has 0 spiro atoms. The molecule has 1 aliphatic rings. The van der Waals surface area contributed by atoms with E-state index in [1.54, 1.807) is 7.05 Å².